The zero-order valence-electron chi connectivity index (χ0n) is 8.30. The highest BCUT2D eigenvalue weighted by atomic mass is 127. The van der Waals surface area contributed by atoms with E-state index in [1.54, 1.807) is 0 Å². The van der Waals surface area contributed by atoms with Gasteiger partial charge in [0.25, 0.3) is 0 Å². The molecule has 1 N–H and O–H groups in total. The van der Waals surface area contributed by atoms with E-state index in [-0.39, 0.29) is 5.91 Å². The molecule has 1 aromatic carbocycles. The van der Waals surface area contributed by atoms with Gasteiger partial charge in [-0.2, -0.15) is 0 Å². The van der Waals surface area contributed by atoms with Crippen LogP contribution in [0.5, 0.6) is 0 Å². The molecule has 0 saturated heterocycles. The molecule has 15 heavy (non-hydrogen) atoms. The molecule has 0 aromatic heterocycles. The fraction of sp³-hybridized carbons (Fsp3) is 0.364. The molecule has 1 rings (SSSR count). The van der Waals surface area contributed by atoms with Crippen LogP contribution in [-0.2, 0) is 4.79 Å². The first-order valence-electron chi connectivity index (χ1n) is 4.84. The molecule has 0 fully saturated rings. The van der Waals surface area contributed by atoms with E-state index in [0.717, 1.165) is 27.4 Å². The number of amides is 1. The smallest absolute Gasteiger partial charge is 0.224 e. The number of carbonyl (C=O) groups excluding carboxylic acids is 1. The van der Waals surface area contributed by atoms with Gasteiger partial charge < -0.3 is 5.32 Å². The zero-order chi connectivity index (χ0) is 11.1. The van der Waals surface area contributed by atoms with Crippen molar-refractivity contribution in [2.45, 2.75) is 19.3 Å². The summed E-state index contributed by atoms with van der Waals surface area (Å²) in [6.07, 6.45) is 2.57. The van der Waals surface area contributed by atoms with Crippen LogP contribution in [0.3, 0.4) is 0 Å². The molecule has 0 aliphatic carbocycles. The lowest BCUT2D eigenvalue weighted by Gasteiger charge is -2.04. The first-order chi connectivity index (χ1) is 7.22. The molecule has 0 heterocycles. The van der Waals surface area contributed by atoms with Gasteiger partial charge in [-0.05, 0) is 53.6 Å². The van der Waals surface area contributed by atoms with Gasteiger partial charge in [0.15, 0.2) is 0 Å². The average Bonchev–Trinajstić information content (AvgIpc) is 2.18. The maximum Gasteiger partial charge on any atom is 0.224 e. The van der Waals surface area contributed by atoms with Gasteiger partial charge in [-0.15, -0.1) is 0 Å². The second-order valence-corrected chi connectivity index (χ2v) is 5.24. The zero-order valence-corrected chi connectivity index (χ0v) is 12.0. The second kappa shape index (κ2) is 7.22. The van der Waals surface area contributed by atoms with Crippen molar-refractivity contribution in [3.63, 3.8) is 0 Å². The molecule has 2 nitrogen and oxygen atoms in total. The van der Waals surface area contributed by atoms with Crippen molar-refractivity contribution < 1.29 is 4.79 Å². The molecule has 0 aliphatic rings. The Hall–Kier alpha value is -0.100. The SMILES string of the molecule is O=C(CCCCBr)Nc1cccc(I)c1. The summed E-state index contributed by atoms with van der Waals surface area (Å²) in [7, 11) is 0. The van der Waals surface area contributed by atoms with Gasteiger partial charge in [-0.1, -0.05) is 22.0 Å². The highest BCUT2D eigenvalue weighted by molar-refractivity contribution is 14.1. The lowest BCUT2D eigenvalue weighted by atomic mass is 10.2. The van der Waals surface area contributed by atoms with Gasteiger partial charge in [0.2, 0.25) is 5.91 Å². The number of anilines is 1. The average molecular weight is 382 g/mol. The van der Waals surface area contributed by atoms with E-state index in [0.29, 0.717) is 6.42 Å². The summed E-state index contributed by atoms with van der Waals surface area (Å²) in [5.74, 6) is 0.0953. The Morgan fingerprint density at radius 1 is 1.40 bits per heavy atom. The van der Waals surface area contributed by atoms with Gasteiger partial charge in [0, 0.05) is 21.0 Å². The summed E-state index contributed by atoms with van der Waals surface area (Å²) in [6.45, 7) is 0. The van der Waals surface area contributed by atoms with Gasteiger partial charge in [-0.25, -0.2) is 0 Å². The Labute approximate surface area is 112 Å². The van der Waals surface area contributed by atoms with Gasteiger partial charge >= 0.3 is 0 Å². The number of hydrogen-bond donors (Lipinski definition) is 1. The Morgan fingerprint density at radius 3 is 2.87 bits per heavy atom. The van der Waals surface area contributed by atoms with Crippen LogP contribution in [0.2, 0.25) is 0 Å². The minimum Gasteiger partial charge on any atom is -0.326 e. The molecule has 0 atom stereocenters. The number of benzene rings is 1. The monoisotopic (exact) mass is 381 g/mol. The molecule has 4 heteroatoms. The highest BCUT2D eigenvalue weighted by Crippen LogP contribution is 2.13. The summed E-state index contributed by atoms with van der Waals surface area (Å²) >= 11 is 5.57. The van der Waals surface area contributed by atoms with Crippen molar-refractivity contribution >= 4 is 50.1 Å². The van der Waals surface area contributed by atoms with E-state index in [2.05, 4.69) is 43.8 Å². The highest BCUT2D eigenvalue weighted by Gasteiger charge is 2.01. The minimum absolute atomic E-state index is 0.0953. The lowest BCUT2D eigenvalue weighted by Crippen LogP contribution is -2.11. The fourth-order valence-electron chi connectivity index (χ4n) is 1.17. The van der Waals surface area contributed by atoms with Crippen molar-refractivity contribution in [2.75, 3.05) is 10.6 Å². The van der Waals surface area contributed by atoms with E-state index in [1.807, 2.05) is 24.3 Å². The minimum atomic E-state index is 0.0953. The topological polar surface area (TPSA) is 29.1 Å². The molecule has 1 amide bonds. The molecule has 0 unspecified atom stereocenters. The Morgan fingerprint density at radius 2 is 2.20 bits per heavy atom. The van der Waals surface area contributed by atoms with Crippen LogP contribution in [0, 0.1) is 3.57 Å². The first-order valence-corrected chi connectivity index (χ1v) is 7.04. The van der Waals surface area contributed by atoms with Crippen molar-refractivity contribution in [1.82, 2.24) is 0 Å². The van der Waals surface area contributed by atoms with Crippen LogP contribution in [-0.4, -0.2) is 11.2 Å². The standard InChI is InChI=1S/C11H13BrINO/c12-7-2-1-6-11(15)14-10-5-3-4-9(13)8-10/h3-5,8H,1-2,6-7H2,(H,14,15). The first kappa shape index (κ1) is 13.0. The molecule has 0 spiro atoms. The second-order valence-electron chi connectivity index (χ2n) is 3.20. The number of carbonyl (C=O) groups is 1. The predicted octanol–water partition coefficient (Wildman–Crippen LogP) is 3.79. The molecule has 0 radical (unpaired) electrons. The Balaban J connectivity index is 2.37. The Kier molecular flexibility index (Phi) is 6.24. The quantitative estimate of drug-likeness (QED) is 0.469. The van der Waals surface area contributed by atoms with Gasteiger partial charge in [-0.3, -0.25) is 4.79 Å². The summed E-state index contributed by atoms with van der Waals surface area (Å²) in [6, 6.07) is 7.81. The summed E-state index contributed by atoms with van der Waals surface area (Å²) in [4.78, 5) is 11.5. The number of hydrogen-bond acceptors (Lipinski definition) is 1. The predicted molar refractivity (Wildman–Crippen MR) is 75.4 cm³/mol. The third-order valence-corrected chi connectivity index (χ3v) is 3.13. The summed E-state index contributed by atoms with van der Waals surface area (Å²) < 4.78 is 1.13. The normalized spacial score (nSPS) is 10.0. The molecule has 0 bridgehead atoms. The van der Waals surface area contributed by atoms with Crippen LogP contribution in [0.25, 0.3) is 0 Å². The molecule has 82 valence electrons. The lowest BCUT2D eigenvalue weighted by molar-refractivity contribution is -0.116. The fourth-order valence-corrected chi connectivity index (χ4v) is 2.11. The van der Waals surface area contributed by atoms with Gasteiger partial charge in [0.1, 0.15) is 0 Å². The summed E-state index contributed by atoms with van der Waals surface area (Å²) in [5, 5.41) is 3.84. The van der Waals surface area contributed by atoms with E-state index in [4.69, 9.17) is 0 Å². The van der Waals surface area contributed by atoms with Crippen molar-refractivity contribution in [2.24, 2.45) is 0 Å². The van der Waals surface area contributed by atoms with Crippen molar-refractivity contribution in [1.29, 1.82) is 0 Å². The van der Waals surface area contributed by atoms with E-state index >= 15 is 0 Å². The maximum atomic E-state index is 11.5. The molecule has 1 aromatic rings. The largest absolute Gasteiger partial charge is 0.326 e. The Bertz CT molecular complexity index is 330. The van der Waals surface area contributed by atoms with Crippen LogP contribution in [0.4, 0.5) is 5.69 Å². The number of unbranched alkanes of at least 4 members (excludes halogenated alkanes) is 1. The number of halogens is 2. The van der Waals surface area contributed by atoms with Crippen LogP contribution in [0.15, 0.2) is 24.3 Å². The van der Waals surface area contributed by atoms with Crippen LogP contribution < -0.4 is 5.32 Å². The third kappa shape index (κ3) is 5.51. The molecular weight excluding hydrogens is 369 g/mol. The number of rotatable bonds is 5. The molecule has 0 aliphatic heterocycles. The molecule has 0 saturated carbocycles. The third-order valence-electron chi connectivity index (χ3n) is 1.90. The van der Waals surface area contributed by atoms with Crippen molar-refractivity contribution in [3.05, 3.63) is 27.8 Å². The summed E-state index contributed by atoms with van der Waals surface area (Å²) in [5.41, 5.74) is 0.880. The molecular formula is C11H13BrINO. The van der Waals surface area contributed by atoms with Crippen LogP contribution >= 0.6 is 38.5 Å². The van der Waals surface area contributed by atoms with E-state index in [1.165, 1.54) is 0 Å². The van der Waals surface area contributed by atoms with Gasteiger partial charge in [0.05, 0.1) is 0 Å². The number of alkyl halides is 1. The van der Waals surface area contributed by atoms with E-state index < -0.39 is 0 Å². The van der Waals surface area contributed by atoms with Crippen LogP contribution in [0.1, 0.15) is 19.3 Å². The number of nitrogens with one attached hydrogen (secondary N) is 1. The maximum absolute atomic E-state index is 11.5. The van der Waals surface area contributed by atoms with E-state index in [9.17, 15) is 4.79 Å². The van der Waals surface area contributed by atoms with Crippen molar-refractivity contribution in [3.8, 4) is 0 Å².